The summed E-state index contributed by atoms with van der Waals surface area (Å²) in [5.41, 5.74) is 0.674. The van der Waals surface area contributed by atoms with Gasteiger partial charge in [-0.05, 0) is 75.4 Å². The molecule has 190 valence electrons. The van der Waals surface area contributed by atoms with Gasteiger partial charge in [-0.2, -0.15) is 0 Å². The van der Waals surface area contributed by atoms with Crippen LogP contribution >= 0.6 is 8.38 Å². The fraction of sp³-hybridized carbons (Fsp3) is 0.786. The molecule has 0 aromatic heterocycles. The molecule has 0 aromatic rings. The van der Waals surface area contributed by atoms with Crippen LogP contribution in [0, 0.1) is 34.0 Å². The molecule has 5 nitrogen and oxygen atoms in total. The van der Waals surface area contributed by atoms with E-state index in [1.54, 1.807) is 6.08 Å². The molecule has 0 radical (unpaired) electrons. The van der Waals surface area contributed by atoms with Crippen LogP contribution in [0.15, 0.2) is 23.8 Å². The molecule has 34 heavy (non-hydrogen) atoms. The Hall–Kier alpha value is -0.870. The van der Waals surface area contributed by atoms with Crippen LogP contribution in [-0.4, -0.2) is 37.2 Å². The number of hydrogen-bond donors (Lipinski definition) is 0. The Kier molecular flexibility index (Phi) is 7.62. The van der Waals surface area contributed by atoms with Crippen molar-refractivity contribution >= 4 is 19.9 Å². The first-order valence-electron chi connectivity index (χ1n) is 13.3. The molecule has 4 aliphatic carbocycles. The van der Waals surface area contributed by atoms with Crippen molar-refractivity contribution in [2.45, 2.75) is 86.2 Å². The van der Waals surface area contributed by atoms with Crippen molar-refractivity contribution in [1.82, 2.24) is 0 Å². The van der Waals surface area contributed by atoms with Crippen LogP contribution in [0.25, 0.3) is 0 Å². The fourth-order valence-electron chi connectivity index (χ4n) is 8.10. The smallest absolute Gasteiger partial charge is 0.198 e. The van der Waals surface area contributed by atoms with Crippen LogP contribution < -0.4 is 0 Å². The summed E-state index contributed by atoms with van der Waals surface area (Å²) >= 11 is 0. The van der Waals surface area contributed by atoms with Gasteiger partial charge in [-0.15, -0.1) is 0 Å². The molecule has 0 bridgehead atoms. The van der Waals surface area contributed by atoms with Crippen molar-refractivity contribution in [2.24, 2.45) is 34.0 Å². The number of carbonyl (C=O) groups is 2. The predicted octanol–water partition coefficient (Wildman–Crippen LogP) is 6.62. The monoisotopic (exact) mass is 490 g/mol. The van der Waals surface area contributed by atoms with Gasteiger partial charge >= 0.3 is 0 Å². The molecule has 4 aliphatic rings. The first kappa shape index (κ1) is 26.2. The second-order valence-electron chi connectivity index (χ2n) is 11.3. The summed E-state index contributed by atoms with van der Waals surface area (Å²) in [6.45, 7) is 14.1. The van der Waals surface area contributed by atoms with Gasteiger partial charge in [0.05, 0.1) is 19.3 Å². The molecule has 3 saturated carbocycles. The molecule has 0 saturated heterocycles. The van der Waals surface area contributed by atoms with Crippen molar-refractivity contribution < 1.29 is 23.4 Å². The SMILES string of the molecule is CCOP(COC1CC2(C)C(CC[C@]2(C)C(=O)CC)C2CCC3=CC(=O)C=CC3(C)C12)OCC. The third kappa shape index (κ3) is 4.09. The van der Waals surface area contributed by atoms with Gasteiger partial charge in [0, 0.05) is 23.2 Å². The van der Waals surface area contributed by atoms with Crippen molar-refractivity contribution in [3.63, 3.8) is 0 Å². The van der Waals surface area contributed by atoms with Crippen LogP contribution in [0.2, 0.25) is 0 Å². The van der Waals surface area contributed by atoms with Crippen LogP contribution in [0.3, 0.4) is 0 Å². The van der Waals surface area contributed by atoms with E-state index in [0.717, 1.165) is 32.1 Å². The summed E-state index contributed by atoms with van der Waals surface area (Å²) in [6, 6.07) is 0. The normalized spacial score (nSPS) is 41.1. The summed E-state index contributed by atoms with van der Waals surface area (Å²) in [5.74, 6) is 1.76. The van der Waals surface area contributed by atoms with E-state index in [1.165, 1.54) is 5.57 Å². The lowest BCUT2D eigenvalue weighted by molar-refractivity contribution is -0.160. The van der Waals surface area contributed by atoms with E-state index >= 15 is 0 Å². The Morgan fingerprint density at radius 3 is 2.47 bits per heavy atom. The van der Waals surface area contributed by atoms with Gasteiger partial charge in [-0.25, -0.2) is 0 Å². The molecule has 0 amide bonds. The van der Waals surface area contributed by atoms with Crippen molar-refractivity contribution in [1.29, 1.82) is 0 Å². The average molecular weight is 491 g/mol. The Morgan fingerprint density at radius 2 is 1.82 bits per heavy atom. The molecular weight excluding hydrogens is 447 g/mol. The highest BCUT2D eigenvalue weighted by molar-refractivity contribution is 7.47. The topological polar surface area (TPSA) is 61.8 Å². The minimum atomic E-state index is -1.10. The molecule has 0 spiro atoms. The van der Waals surface area contributed by atoms with E-state index in [9.17, 15) is 9.59 Å². The Labute approximate surface area is 207 Å². The molecule has 0 aliphatic heterocycles. The average Bonchev–Trinajstić information content (AvgIpc) is 3.08. The van der Waals surface area contributed by atoms with E-state index in [4.69, 9.17) is 13.8 Å². The summed E-state index contributed by atoms with van der Waals surface area (Å²) in [5, 5.41) is 0. The molecule has 6 heteroatoms. The number of carbonyl (C=O) groups excluding carboxylic acids is 2. The maximum Gasteiger partial charge on any atom is 0.198 e. The van der Waals surface area contributed by atoms with E-state index in [-0.39, 0.29) is 34.1 Å². The van der Waals surface area contributed by atoms with Crippen LogP contribution in [-0.2, 0) is 23.4 Å². The van der Waals surface area contributed by atoms with Crippen molar-refractivity contribution in [3.05, 3.63) is 23.8 Å². The lowest BCUT2D eigenvalue weighted by atomic mass is 9.45. The summed E-state index contributed by atoms with van der Waals surface area (Å²) in [6.07, 6.45) is 11.8. The third-order valence-electron chi connectivity index (χ3n) is 9.96. The highest BCUT2D eigenvalue weighted by Crippen LogP contribution is 2.70. The van der Waals surface area contributed by atoms with Crippen LogP contribution in [0.4, 0.5) is 0 Å². The minimum absolute atomic E-state index is 0.00852. The summed E-state index contributed by atoms with van der Waals surface area (Å²) < 4.78 is 18.5. The van der Waals surface area contributed by atoms with E-state index in [0.29, 0.717) is 43.6 Å². The number of hydrogen-bond acceptors (Lipinski definition) is 5. The highest BCUT2D eigenvalue weighted by Gasteiger charge is 2.66. The quantitative estimate of drug-likeness (QED) is 0.340. The van der Waals surface area contributed by atoms with Gasteiger partial charge in [0.2, 0.25) is 0 Å². The van der Waals surface area contributed by atoms with E-state index < -0.39 is 8.38 Å². The van der Waals surface area contributed by atoms with Gasteiger partial charge in [0.15, 0.2) is 14.2 Å². The first-order chi connectivity index (χ1) is 16.1. The Morgan fingerprint density at radius 1 is 1.12 bits per heavy atom. The zero-order valence-electron chi connectivity index (χ0n) is 21.9. The lowest BCUT2D eigenvalue weighted by Crippen LogP contribution is -2.59. The van der Waals surface area contributed by atoms with E-state index in [2.05, 4.69) is 26.8 Å². The Bertz CT molecular complexity index is 861. The number of ketones is 2. The third-order valence-corrected chi connectivity index (χ3v) is 11.4. The maximum atomic E-state index is 13.3. The second kappa shape index (κ2) is 9.88. The number of allylic oxidation sites excluding steroid dienone is 4. The standard InChI is InChI=1S/C28H43O5P/c1-7-24(30)27(5)15-13-22-21-11-10-19-16-20(29)12-14-26(19,4)25(21)23(17-28(22,27)6)31-18-34(32-8-2)33-9-3/h12,14,16,21-23,25H,7-11,13,15,17-18H2,1-6H3/t21?,22?,23?,25?,26?,27-,28?/m1/s1. The fourth-order valence-corrected chi connectivity index (χ4v) is 9.21. The number of rotatable bonds is 9. The first-order valence-corrected chi connectivity index (χ1v) is 14.6. The lowest BCUT2D eigenvalue weighted by Gasteiger charge is -2.61. The molecule has 4 rings (SSSR count). The molecule has 7 atom stereocenters. The Balaban J connectivity index is 1.71. The molecule has 0 aromatic carbocycles. The maximum absolute atomic E-state index is 13.3. The molecule has 0 heterocycles. The molecular formula is C28H43O5P. The van der Waals surface area contributed by atoms with Crippen molar-refractivity contribution in [2.75, 3.05) is 19.6 Å². The second-order valence-corrected chi connectivity index (χ2v) is 12.7. The van der Waals surface area contributed by atoms with E-state index in [1.807, 2.05) is 26.8 Å². The number of Topliss-reactive ketones (excluding diaryl/α,β-unsaturated/α-hetero) is 1. The molecule has 6 unspecified atom stereocenters. The molecule has 0 N–H and O–H groups in total. The number of ether oxygens (including phenoxy) is 1. The van der Waals surface area contributed by atoms with Gasteiger partial charge < -0.3 is 13.8 Å². The molecule has 3 fully saturated rings. The van der Waals surface area contributed by atoms with Gasteiger partial charge in [-0.3, -0.25) is 9.59 Å². The zero-order valence-corrected chi connectivity index (χ0v) is 22.8. The van der Waals surface area contributed by atoms with Gasteiger partial charge in [-0.1, -0.05) is 39.3 Å². The van der Waals surface area contributed by atoms with Crippen molar-refractivity contribution in [3.8, 4) is 0 Å². The highest BCUT2D eigenvalue weighted by atomic mass is 31.2. The van der Waals surface area contributed by atoms with Crippen LogP contribution in [0.5, 0.6) is 0 Å². The minimum Gasteiger partial charge on any atom is -0.369 e. The predicted molar refractivity (Wildman–Crippen MR) is 135 cm³/mol. The number of fused-ring (bicyclic) bond motifs is 5. The van der Waals surface area contributed by atoms with Crippen LogP contribution in [0.1, 0.15) is 80.1 Å². The van der Waals surface area contributed by atoms with Gasteiger partial charge in [0.25, 0.3) is 0 Å². The summed E-state index contributed by atoms with van der Waals surface area (Å²) in [7, 11) is -1.10. The zero-order chi connectivity index (χ0) is 24.7. The largest absolute Gasteiger partial charge is 0.369 e. The van der Waals surface area contributed by atoms with Gasteiger partial charge in [0.1, 0.15) is 12.1 Å². The summed E-state index contributed by atoms with van der Waals surface area (Å²) in [4.78, 5) is 25.5.